The molecule has 1 aliphatic rings. The third-order valence-corrected chi connectivity index (χ3v) is 12.0. The Bertz CT molecular complexity index is 2980. The van der Waals surface area contributed by atoms with E-state index in [1.54, 1.807) is 48.7 Å². The number of pyridine rings is 1. The van der Waals surface area contributed by atoms with Gasteiger partial charge in [-0.25, -0.2) is 9.37 Å². The number of fused-ring (bicyclic) bond motifs is 2. The average Bonchev–Trinajstić information content (AvgIpc) is 4.01. The van der Waals surface area contributed by atoms with Crippen LogP contribution in [0.3, 0.4) is 0 Å². The molecular formula is C52H58F4N10O6. The number of hydrogen-bond donors (Lipinski definition) is 4. The van der Waals surface area contributed by atoms with Gasteiger partial charge in [-0.1, -0.05) is 29.3 Å². The highest BCUT2D eigenvalue weighted by atomic mass is 19.4. The topological polar surface area (TPSA) is 167 Å². The maximum Gasteiger partial charge on any atom is 0.406 e. The lowest BCUT2D eigenvalue weighted by Gasteiger charge is -2.33. The minimum absolute atomic E-state index is 0.157. The zero-order valence-electron chi connectivity index (χ0n) is 40.6. The van der Waals surface area contributed by atoms with Crippen LogP contribution in [0.1, 0.15) is 29.1 Å². The summed E-state index contributed by atoms with van der Waals surface area (Å²) >= 11 is 0. The van der Waals surface area contributed by atoms with Crippen molar-refractivity contribution in [2.24, 2.45) is 0 Å². The molecule has 5 heterocycles. The Balaban J connectivity index is 0.700. The monoisotopic (exact) mass is 994 g/mol. The summed E-state index contributed by atoms with van der Waals surface area (Å²) in [6, 6.07) is 23.0. The highest BCUT2D eigenvalue weighted by molar-refractivity contribution is 5.94. The fourth-order valence-electron chi connectivity index (χ4n) is 8.54. The van der Waals surface area contributed by atoms with Crippen LogP contribution in [0.25, 0.3) is 33.2 Å². The van der Waals surface area contributed by atoms with Crippen LogP contribution in [0.4, 0.5) is 34.9 Å². The molecule has 1 saturated heterocycles. The van der Waals surface area contributed by atoms with Crippen molar-refractivity contribution in [3.8, 4) is 34.5 Å². The number of halogens is 4. The number of likely N-dealkylation sites (tertiary alicyclic amines) is 1. The number of aromatic nitrogens is 5. The number of anilines is 3. The van der Waals surface area contributed by atoms with Gasteiger partial charge >= 0.3 is 6.18 Å². The Morgan fingerprint density at radius 3 is 2.47 bits per heavy atom. The molecule has 7 aromatic rings. The van der Waals surface area contributed by atoms with Crippen molar-refractivity contribution in [3.63, 3.8) is 0 Å². The van der Waals surface area contributed by atoms with E-state index in [2.05, 4.69) is 48.2 Å². The van der Waals surface area contributed by atoms with Gasteiger partial charge in [-0.2, -0.15) is 18.2 Å². The van der Waals surface area contributed by atoms with Gasteiger partial charge < -0.3 is 58.8 Å². The van der Waals surface area contributed by atoms with Crippen molar-refractivity contribution in [1.29, 1.82) is 0 Å². The smallest absolute Gasteiger partial charge is 0.406 e. The van der Waals surface area contributed by atoms with Crippen LogP contribution >= 0.6 is 0 Å². The van der Waals surface area contributed by atoms with E-state index in [1.165, 1.54) is 0 Å². The number of benzene rings is 3. The van der Waals surface area contributed by atoms with Gasteiger partial charge in [0.05, 0.1) is 68.0 Å². The maximum atomic E-state index is 14.8. The molecule has 0 spiro atoms. The predicted octanol–water partition coefficient (Wildman–Crippen LogP) is 7.84. The van der Waals surface area contributed by atoms with Gasteiger partial charge in [0.2, 0.25) is 5.95 Å². The number of carbonyl (C=O) groups is 1. The van der Waals surface area contributed by atoms with Crippen molar-refractivity contribution in [1.82, 2.24) is 34.5 Å². The van der Waals surface area contributed by atoms with E-state index in [0.717, 1.165) is 44.7 Å². The third-order valence-electron chi connectivity index (χ3n) is 12.0. The molecule has 2 atom stereocenters. The second-order valence-corrected chi connectivity index (χ2v) is 17.4. The first-order valence-electron chi connectivity index (χ1n) is 23.7. The first-order valence-corrected chi connectivity index (χ1v) is 23.7. The molecule has 20 heteroatoms. The minimum Gasteiger partial charge on any atom is -0.491 e. The predicted molar refractivity (Wildman–Crippen MR) is 267 cm³/mol. The largest absolute Gasteiger partial charge is 0.491 e. The number of imidazole rings is 1. The molecule has 0 radical (unpaired) electrons. The third kappa shape index (κ3) is 13.3. The number of alkyl halides is 4. The van der Waals surface area contributed by atoms with E-state index in [1.807, 2.05) is 73.8 Å². The van der Waals surface area contributed by atoms with Gasteiger partial charge in [0.25, 0.3) is 5.91 Å². The first-order chi connectivity index (χ1) is 34.8. The van der Waals surface area contributed by atoms with Crippen LogP contribution in [0.5, 0.6) is 11.5 Å². The van der Waals surface area contributed by atoms with Crippen LogP contribution in [0, 0.1) is 25.7 Å². The van der Waals surface area contributed by atoms with Crippen molar-refractivity contribution in [2.45, 2.75) is 51.7 Å². The van der Waals surface area contributed by atoms with Crippen LogP contribution in [0.15, 0.2) is 89.6 Å². The molecule has 0 saturated carbocycles. The summed E-state index contributed by atoms with van der Waals surface area (Å²) in [7, 11) is 3.67. The number of nitrogens with one attached hydrogen (secondary N) is 4. The summed E-state index contributed by atoms with van der Waals surface area (Å²) in [5, 5.41) is 17.0. The molecule has 0 aliphatic carbocycles. The van der Waals surface area contributed by atoms with E-state index in [4.69, 9.17) is 23.5 Å². The Morgan fingerprint density at radius 2 is 1.71 bits per heavy atom. The molecule has 1 aliphatic heterocycles. The number of aryl methyl sites for hydroxylation is 2. The molecule has 4 aromatic heterocycles. The second kappa shape index (κ2) is 23.7. The quantitative estimate of drug-likeness (QED) is 0.0295. The van der Waals surface area contributed by atoms with Gasteiger partial charge in [0.1, 0.15) is 36.6 Å². The lowest BCUT2D eigenvalue weighted by atomic mass is 10.0. The molecule has 0 bridgehead atoms. The van der Waals surface area contributed by atoms with E-state index < -0.39 is 24.9 Å². The van der Waals surface area contributed by atoms with E-state index >= 15 is 0 Å². The minimum atomic E-state index is -4.47. The molecule has 3 aromatic carbocycles. The zero-order valence-corrected chi connectivity index (χ0v) is 40.6. The van der Waals surface area contributed by atoms with Gasteiger partial charge in [-0.05, 0) is 99.5 Å². The number of rotatable bonds is 22. The lowest BCUT2D eigenvalue weighted by molar-refractivity contribution is -0.140. The molecule has 0 unspecified atom stereocenters. The first kappa shape index (κ1) is 51.0. The summed E-state index contributed by atoms with van der Waals surface area (Å²) in [4.78, 5) is 23.7. The summed E-state index contributed by atoms with van der Waals surface area (Å²) in [6.45, 7) is 6.03. The Hall–Kier alpha value is -7.34. The van der Waals surface area contributed by atoms with Crippen molar-refractivity contribution >= 4 is 45.3 Å². The molecule has 1 amide bonds. The summed E-state index contributed by atoms with van der Waals surface area (Å²) in [5.74, 6) is 8.13. The van der Waals surface area contributed by atoms with Crippen LogP contribution in [-0.2, 0) is 27.4 Å². The molecule has 4 N–H and O–H groups in total. The van der Waals surface area contributed by atoms with Crippen molar-refractivity contribution in [2.75, 3.05) is 95.9 Å². The van der Waals surface area contributed by atoms with Gasteiger partial charge in [0.15, 0.2) is 12.3 Å². The number of hydrogen-bond acceptors (Lipinski definition) is 13. The van der Waals surface area contributed by atoms with Crippen molar-refractivity contribution < 1.29 is 45.8 Å². The summed E-state index contributed by atoms with van der Waals surface area (Å²) < 4.78 is 87.3. The number of carbonyl (C=O) groups excluding carboxylic acids is 1. The molecular weight excluding hydrogens is 937 g/mol. The summed E-state index contributed by atoms with van der Waals surface area (Å²) in [5.41, 5.74) is 6.89. The number of piperidine rings is 1. The van der Waals surface area contributed by atoms with Gasteiger partial charge in [-0.15, -0.1) is 0 Å². The van der Waals surface area contributed by atoms with E-state index in [-0.39, 0.29) is 24.8 Å². The standard InChI is InChI=1S/C52H58F4N10O6/c1-34-49(35(2)72-63-34)37-27-47-50(60-29-37)62-51(57-3)65(47)30-36-8-5-10-41(26-36)71-32-48(67)59-19-21-68-22-23-69-24-25-70-40-15-13-38(14-16-40)58-18-7-9-39-28-42-44(61-45-17-20-64(4)31-43(45)53)11-6-12-46(42)66(39)33-52(54,55)56/h5-6,8,10-16,26-29,43,45,58,61H,17-25,30-33H2,1-4H3,(H,59,67)(H,57,60,62)/t43-,45+/m0/s1. The number of nitrogens with zero attached hydrogens (tertiary/aromatic N) is 6. The molecule has 16 nitrogen and oxygen atoms in total. The van der Waals surface area contributed by atoms with Crippen molar-refractivity contribution in [3.05, 3.63) is 108 Å². The van der Waals surface area contributed by atoms with Gasteiger partial charge in [-0.3, -0.25) is 4.79 Å². The maximum absolute atomic E-state index is 14.8. The fraction of sp³-hybridized carbons (Fsp3) is 0.385. The van der Waals surface area contributed by atoms with E-state index in [9.17, 15) is 22.4 Å². The number of amides is 1. The van der Waals surface area contributed by atoms with Crippen LogP contribution in [-0.4, -0.2) is 133 Å². The zero-order chi connectivity index (χ0) is 50.6. The van der Waals surface area contributed by atoms with Crippen LogP contribution < -0.4 is 30.7 Å². The highest BCUT2D eigenvalue weighted by Gasteiger charge is 2.31. The fourth-order valence-corrected chi connectivity index (χ4v) is 8.54. The molecule has 72 heavy (non-hydrogen) atoms. The second-order valence-electron chi connectivity index (χ2n) is 17.4. The highest BCUT2D eigenvalue weighted by Crippen LogP contribution is 2.33. The molecule has 8 rings (SSSR count). The van der Waals surface area contributed by atoms with Gasteiger partial charge in [0, 0.05) is 60.8 Å². The number of ether oxygens (including phenoxy) is 4. The molecule has 1 fully saturated rings. The van der Waals surface area contributed by atoms with Crippen LogP contribution in [0.2, 0.25) is 0 Å². The average molecular weight is 995 g/mol. The Kier molecular flexibility index (Phi) is 16.8. The molecule has 380 valence electrons. The SMILES string of the molecule is CNc1nc2ncc(-c3c(C)noc3C)cc2n1Cc1cccc(OCC(=O)NCCOCCOCCOc2ccc(NCC#Cc3cc4c(N[C@@H]5CCN(C)C[C@@H]5F)cccc4n3CC(F)(F)F)cc2)c1. The Morgan fingerprint density at radius 1 is 0.917 bits per heavy atom. The summed E-state index contributed by atoms with van der Waals surface area (Å²) in [6.07, 6.45) is -3.21. The van der Waals surface area contributed by atoms with E-state index in [0.29, 0.717) is 105 Å². The Labute approximate surface area is 414 Å². The lowest BCUT2D eigenvalue weighted by Crippen LogP contribution is -2.46. The normalized spacial score (nSPS) is 15.1.